The molecule has 1 aromatic carbocycles. The zero-order valence-corrected chi connectivity index (χ0v) is 11.0. The molecule has 3 N–H and O–H groups in total. The van der Waals surface area contributed by atoms with Gasteiger partial charge in [-0.15, -0.1) is 13.2 Å². The van der Waals surface area contributed by atoms with Crippen molar-refractivity contribution in [1.29, 1.82) is 0 Å². The third kappa shape index (κ3) is 4.83. The molecule has 0 bridgehead atoms. The van der Waals surface area contributed by atoms with Gasteiger partial charge in [-0.3, -0.25) is 0 Å². The summed E-state index contributed by atoms with van der Waals surface area (Å²) in [5.41, 5.74) is 6.05. The molecule has 1 rings (SSSR count). The summed E-state index contributed by atoms with van der Waals surface area (Å²) in [6, 6.07) is 3.53. The van der Waals surface area contributed by atoms with E-state index in [1.54, 1.807) is 0 Å². The molecule has 0 aliphatic heterocycles. The second-order valence-corrected chi connectivity index (χ2v) is 4.62. The van der Waals surface area contributed by atoms with Crippen LogP contribution in [0, 0.1) is 0 Å². The first-order chi connectivity index (χ1) is 8.33. The molecule has 3 nitrogen and oxygen atoms in total. The van der Waals surface area contributed by atoms with E-state index < -0.39 is 12.4 Å². The van der Waals surface area contributed by atoms with Crippen LogP contribution in [0.3, 0.4) is 0 Å². The normalized spacial score (nSPS) is 13.4. The van der Waals surface area contributed by atoms with Gasteiger partial charge in [0.1, 0.15) is 5.75 Å². The monoisotopic (exact) mass is 327 g/mol. The third-order valence-electron chi connectivity index (χ3n) is 2.27. The third-order valence-corrected chi connectivity index (χ3v) is 2.76. The summed E-state index contributed by atoms with van der Waals surface area (Å²) in [6.07, 6.45) is -3.96. The quantitative estimate of drug-likeness (QED) is 0.873. The van der Waals surface area contributed by atoms with E-state index in [4.69, 9.17) is 10.8 Å². The van der Waals surface area contributed by atoms with Crippen LogP contribution in [-0.4, -0.2) is 18.1 Å². The number of aliphatic hydroxyl groups excluding tert-OH is 1. The van der Waals surface area contributed by atoms with Gasteiger partial charge < -0.3 is 15.6 Å². The standard InChI is InChI=1S/C11H13BrF3NO2/c12-7-3-4-10(18-11(13,14)15)8(6-7)9(16)2-1-5-17/h3-4,6,9,17H,1-2,5,16H2/t9-/m1/s1. The predicted molar refractivity (Wildman–Crippen MR) is 64.1 cm³/mol. The molecule has 0 saturated carbocycles. The van der Waals surface area contributed by atoms with Crippen LogP contribution in [-0.2, 0) is 0 Å². The SMILES string of the molecule is N[C@H](CCCO)c1cc(Br)ccc1OC(F)(F)F. The van der Waals surface area contributed by atoms with Crippen molar-refractivity contribution in [2.45, 2.75) is 25.2 Å². The number of benzene rings is 1. The second-order valence-electron chi connectivity index (χ2n) is 3.70. The molecule has 0 saturated heterocycles. The molecule has 102 valence electrons. The summed E-state index contributed by atoms with van der Waals surface area (Å²) >= 11 is 3.17. The molecule has 0 aliphatic rings. The van der Waals surface area contributed by atoms with Gasteiger partial charge in [0.2, 0.25) is 0 Å². The lowest BCUT2D eigenvalue weighted by atomic mass is 10.0. The number of alkyl halides is 3. The highest BCUT2D eigenvalue weighted by Gasteiger charge is 2.32. The van der Waals surface area contributed by atoms with Crippen LogP contribution >= 0.6 is 15.9 Å². The first kappa shape index (κ1) is 15.3. The first-order valence-electron chi connectivity index (χ1n) is 5.25. The molecule has 0 unspecified atom stereocenters. The largest absolute Gasteiger partial charge is 0.573 e. The van der Waals surface area contributed by atoms with Gasteiger partial charge in [0.15, 0.2) is 0 Å². The Kier molecular flexibility index (Phi) is 5.43. The Morgan fingerprint density at radius 2 is 2.06 bits per heavy atom. The number of halogens is 4. The highest BCUT2D eigenvalue weighted by atomic mass is 79.9. The fourth-order valence-electron chi connectivity index (χ4n) is 1.49. The van der Waals surface area contributed by atoms with E-state index in [0.29, 0.717) is 17.3 Å². The molecule has 18 heavy (non-hydrogen) atoms. The van der Waals surface area contributed by atoms with E-state index in [1.165, 1.54) is 18.2 Å². The lowest BCUT2D eigenvalue weighted by molar-refractivity contribution is -0.275. The Labute approximate surface area is 111 Å². The summed E-state index contributed by atoms with van der Waals surface area (Å²) in [5, 5.41) is 8.70. The van der Waals surface area contributed by atoms with Crippen LogP contribution in [0.4, 0.5) is 13.2 Å². The van der Waals surface area contributed by atoms with Gasteiger partial charge in [-0.1, -0.05) is 15.9 Å². The average molecular weight is 328 g/mol. The Hall–Kier alpha value is -0.790. The van der Waals surface area contributed by atoms with Gasteiger partial charge >= 0.3 is 6.36 Å². The summed E-state index contributed by atoms with van der Waals surface area (Å²) in [6.45, 7) is -0.0584. The Morgan fingerprint density at radius 1 is 1.39 bits per heavy atom. The molecule has 7 heteroatoms. The van der Waals surface area contributed by atoms with E-state index in [0.717, 1.165) is 0 Å². The van der Waals surface area contributed by atoms with Crippen molar-refractivity contribution in [1.82, 2.24) is 0 Å². The summed E-state index contributed by atoms with van der Waals surface area (Å²) in [5.74, 6) is -0.309. The smallest absolute Gasteiger partial charge is 0.405 e. The van der Waals surface area contributed by atoms with Crippen LogP contribution in [0.5, 0.6) is 5.75 Å². The molecule has 0 spiro atoms. The van der Waals surface area contributed by atoms with Crippen LogP contribution < -0.4 is 10.5 Å². The van der Waals surface area contributed by atoms with Gasteiger partial charge in [0.25, 0.3) is 0 Å². The lowest BCUT2D eigenvalue weighted by Gasteiger charge is -2.18. The zero-order chi connectivity index (χ0) is 13.8. The van der Waals surface area contributed by atoms with Crippen LogP contribution in [0.15, 0.2) is 22.7 Å². The topological polar surface area (TPSA) is 55.5 Å². The van der Waals surface area contributed by atoms with Gasteiger partial charge in [0.05, 0.1) is 0 Å². The zero-order valence-electron chi connectivity index (χ0n) is 9.38. The maximum absolute atomic E-state index is 12.2. The van der Waals surface area contributed by atoms with E-state index >= 15 is 0 Å². The van der Waals surface area contributed by atoms with E-state index in [2.05, 4.69) is 20.7 Å². The molecular weight excluding hydrogens is 315 g/mol. The summed E-state index contributed by atoms with van der Waals surface area (Å²) in [4.78, 5) is 0. The molecule has 0 amide bonds. The van der Waals surface area contributed by atoms with Gasteiger partial charge in [0, 0.05) is 22.7 Å². The predicted octanol–water partition coefficient (Wildman–Crippen LogP) is 3.12. The van der Waals surface area contributed by atoms with Gasteiger partial charge in [-0.05, 0) is 31.0 Å². The number of ether oxygens (including phenoxy) is 1. The maximum atomic E-state index is 12.2. The van der Waals surface area contributed by atoms with Crippen LogP contribution in [0.25, 0.3) is 0 Å². The second kappa shape index (κ2) is 6.40. The van der Waals surface area contributed by atoms with Crippen molar-refractivity contribution < 1.29 is 23.0 Å². The Balaban J connectivity index is 2.96. The minimum atomic E-state index is -4.75. The summed E-state index contributed by atoms with van der Waals surface area (Å²) < 4.78 is 41.2. The Morgan fingerprint density at radius 3 is 2.61 bits per heavy atom. The van der Waals surface area contributed by atoms with Crippen molar-refractivity contribution in [3.63, 3.8) is 0 Å². The number of nitrogens with two attached hydrogens (primary N) is 1. The molecule has 0 aromatic heterocycles. The molecule has 0 heterocycles. The van der Waals surface area contributed by atoms with E-state index in [1.807, 2.05) is 0 Å². The number of aliphatic hydroxyl groups is 1. The van der Waals surface area contributed by atoms with Gasteiger partial charge in [-0.2, -0.15) is 0 Å². The van der Waals surface area contributed by atoms with Crippen molar-refractivity contribution in [3.8, 4) is 5.75 Å². The molecule has 1 atom stereocenters. The van der Waals surface area contributed by atoms with Crippen molar-refractivity contribution in [2.24, 2.45) is 5.73 Å². The fourth-order valence-corrected chi connectivity index (χ4v) is 1.87. The summed E-state index contributed by atoms with van der Waals surface area (Å²) in [7, 11) is 0. The number of hydrogen-bond acceptors (Lipinski definition) is 3. The average Bonchev–Trinajstić information content (AvgIpc) is 2.26. The highest BCUT2D eigenvalue weighted by molar-refractivity contribution is 9.10. The van der Waals surface area contributed by atoms with Crippen LogP contribution in [0.2, 0.25) is 0 Å². The van der Waals surface area contributed by atoms with Crippen LogP contribution in [0.1, 0.15) is 24.4 Å². The molecule has 0 radical (unpaired) electrons. The van der Waals surface area contributed by atoms with Crippen molar-refractivity contribution in [3.05, 3.63) is 28.2 Å². The number of hydrogen-bond donors (Lipinski definition) is 2. The Bertz CT molecular complexity index is 398. The molecule has 1 aromatic rings. The molecule has 0 aliphatic carbocycles. The first-order valence-corrected chi connectivity index (χ1v) is 6.04. The fraction of sp³-hybridized carbons (Fsp3) is 0.455. The highest BCUT2D eigenvalue weighted by Crippen LogP contribution is 2.33. The van der Waals surface area contributed by atoms with E-state index in [-0.39, 0.29) is 17.9 Å². The number of rotatable bonds is 5. The molecule has 0 fully saturated rings. The minimum absolute atomic E-state index is 0.0584. The van der Waals surface area contributed by atoms with Gasteiger partial charge in [-0.25, -0.2) is 0 Å². The van der Waals surface area contributed by atoms with Crippen molar-refractivity contribution >= 4 is 15.9 Å². The lowest BCUT2D eigenvalue weighted by Crippen LogP contribution is -2.20. The molecular formula is C11H13BrF3NO2. The van der Waals surface area contributed by atoms with Crippen molar-refractivity contribution in [2.75, 3.05) is 6.61 Å². The maximum Gasteiger partial charge on any atom is 0.573 e. The minimum Gasteiger partial charge on any atom is -0.405 e. The van der Waals surface area contributed by atoms with E-state index in [9.17, 15) is 13.2 Å².